The second-order valence-electron chi connectivity index (χ2n) is 5.07. The lowest BCUT2D eigenvalue weighted by atomic mass is 9.97. The van der Waals surface area contributed by atoms with Gasteiger partial charge in [-0.05, 0) is 31.2 Å². The average molecular weight is 352 g/mol. The number of halogens is 2. The maximum atomic E-state index is 6.11. The largest absolute Gasteiger partial charge is 0.335 e. The molecule has 0 radical (unpaired) electrons. The highest BCUT2D eigenvalue weighted by atomic mass is 35.5. The summed E-state index contributed by atoms with van der Waals surface area (Å²) in [5.74, 6) is 0.711. The molecule has 1 N–H and O–H groups in total. The average Bonchev–Trinajstić information content (AvgIpc) is 2.90. The van der Waals surface area contributed by atoms with Gasteiger partial charge in [-0.15, -0.1) is 11.3 Å². The van der Waals surface area contributed by atoms with Crippen molar-refractivity contribution in [3.8, 4) is 0 Å². The number of nitrogens with one attached hydrogen (secondary N) is 1. The third-order valence-corrected chi connectivity index (χ3v) is 5.52. The fraction of sp³-hybridized carbons (Fsp3) is 0.286. The van der Waals surface area contributed by atoms with Crippen LogP contribution in [0.15, 0.2) is 12.7 Å². The molecule has 1 aliphatic rings. The summed E-state index contributed by atoms with van der Waals surface area (Å²) in [5, 5.41) is 4.80. The fourth-order valence-electron chi connectivity index (χ4n) is 2.75. The summed E-state index contributed by atoms with van der Waals surface area (Å²) in [6.07, 6.45) is 7.50. The molecule has 0 aliphatic heterocycles. The van der Waals surface area contributed by atoms with Crippen molar-refractivity contribution in [2.45, 2.75) is 25.7 Å². The van der Waals surface area contributed by atoms with Gasteiger partial charge in [0.05, 0.1) is 5.39 Å². The minimum absolute atomic E-state index is 0.274. The highest BCUT2D eigenvalue weighted by Gasteiger charge is 2.21. The number of nitrogens with zero attached hydrogens (tertiary/aromatic N) is 4. The first-order valence-electron chi connectivity index (χ1n) is 6.92. The molecule has 0 unspecified atom stereocenters. The number of aromatic nitrogens is 4. The van der Waals surface area contributed by atoms with Crippen molar-refractivity contribution in [2.75, 3.05) is 5.32 Å². The molecular weight excluding hydrogens is 341 g/mol. The third-order valence-electron chi connectivity index (χ3n) is 3.75. The SMILES string of the molecule is Clc1ncnc(Cl)c1Nc1ncnc2sc3c(c12)CCCC3. The number of fused-ring (bicyclic) bond motifs is 3. The molecule has 8 heteroatoms. The zero-order chi connectivity index (χ0) is 15.1. The van der Waals surface area contributed by atoms with Crippen molar-refractivity contribution < 1.29 is 0 Å². The molecule has 0 amide bonds. The van der Waals surface area contributed by atoms with Gasteiger partial charge in [-0.25, -0.2) is 19.9 Å². The Morgan fingerprint density at radius 2 is 1.68 bits per heavy atom. The summed E-state index contributed by atoms with van der Waals surface area (Å²) in [7, 11) is 0. The number of thiophene rings is 1. The number of anilines is 2. The van der Waals surface area contributed by atoms with Crippen LogP contribution in [0, 0.1) is 0 Å². The molecule has 22 heavy (non-hydrogen) atoms. The van der Waals surface area contributed by atoms with Gasteiger partial charge < -0.3 is 5.32 Å². The number of aryl methyl sites for hydroxylation is 2. The van der Waals surface area contributed by atoms with E-state index in [0.717, 1.165) is 23.1 Å². The van der Waals surface area contributed by atoms with E-state index in [-0.39, 0.29) is 10.3 Å². The molecular formula is C14H11Cl2N5S. The Kier molecular flexibility index (Phi) is 3.60. The van der Waals surface area contributed by atoms with E-state index in [0.29, 0.717) is 11.5 Å². The Balaban J connectivity index is 1.87. The third kappa shape index (κ3) is 2.31. The van der Waals surface area contributed by atoms with Gasteiger partial charge in [-0.3, -0.25) is 0 Å². The molecule has 0 saturated heterocycles. The highest BCUT2D eigenvalue weighted by molar-refractivity contribution is 7.19. The van der Waals surface area contributed by atoms with Crippen molar-refractivity contribution in [1.29, 1.82) is 0 Å². The second-order valence-corrected chi connectivity index (χ2v) is 6.87. The van der Waals surface area contributed by atoms with Gasteiger partial charge >= 0.3 is 0 Å². The van der Waals surface area contributed by atoms with Crippen LogP contribution in [0.5, 0.6) is 0 Å². The molecule has 4 rings (SSSR count). The standard InChI is InChI=1S/C14H11Cl2N5S/c15-11-10(12(16)18-5-17-11)21-13-9-7-3-1-2-4-8(7)22-14(9)20-6-19-13/h5-6H,1-4H2,(H,19,20,21). The van der Waals surface area contributed by atoms with Crippen LogP contribution in [0.1, 0.15) is 23.3 Å². The molecule has 0 aromatic carbocycles. The van der Waals surface area contributed by atoms with Crippen molar-refractivity contribution in [2.24, 2.45) is 0 Å². The molecule has 0 fully saturated rings. The van der Waals surface area contributed by atoms with E-state index >= 15 is 0 Å². The van der Waals surface area contributed by atoms with Gasteiger partial charge in [-0.1, -0.05) is 23.2 Å². The molecule has 0 bridgehead atoms. The van der Waals surface area contributed by atoms with Crippen LogP contribution in [-0.2, 0) is 12.8 Å². The predicted octanol–water partition coefficient (Wildman–Crippen LogP) is 4.41. The zero-order valence-electron chi connectivity index (χ0n) is 11.4. The quantitative estimate of drug-likeness (QED) is 0.692. The minimum Gasteiger partial charge on any atom is -0.335 e. The lowest BCUT2D eigenvalue weighted by Crippen LogP contribution is -2.02. The Bertz CT molecular complexity index is 844. The summed E-state index contributed by atoms with van der Waals surface area (Å²) < 4.78 is 0. The van der Waals surface area contributed by atoms with Crippen LogP contribution in [0.3, 0.4) is 0 Å². The lowest BCUT2D eigenvalue weighted by molar-refractivity contribution is 0.700. The lowest BCUT2D eigenvalue weighted by Gasteiger charge is -2.13. The Hall–Kier alpha value is -1.50. The van der Waals surface area contributed by atoms with Crippen LogP contribution in [-0.4, -0.2) is 19.9 Å². The van der Waals surface area contributed by atoms with Gasteiger partial charge in [0.1, 0.15) is 29.0 Å². The first kappa shape index (κ1) is 14.1. The van der Waals surface area contributed by atoms with E-state index in [4.69, 9.17) is 23.2 Å². The van der Waals surface area contributed by atoms with Gasteiger partial charge in [-0.2, -0.15) is 0 Å². The topological polar surface area (TPSA) is 63.6 Å². The zero-order valence-corrected chi connectivity index (χ0v) is 13.8. The molecule has 0 saturated carbocycles. The van der Waals surface area contributed by atoms with Crippen molar-refractivity contribution in [3.05, 3.63) is 33.4 Å². The molecule has 3 heterocycles. The summed E-state index contributed by atoms with van der Waals surface area (Å²) in [5.41, 5.74) is 1.82. The van der Waals surface area contributed by atoms with E-state index < -0.39 is 0 Å². The van der Waals surface area contributed by atoms with E-state index in [1.54, 1.807) is 17.7 Å². The smallest absolute Gasteiger partial charge is 0.157 e. The molecule has 1 aliphatic carbocycles. The fourth-order valence-corrected chi connectivity index (χ4v) is 4.39. The van der Waals surface area contributed by atoms with Crippen LogP contribution in [0.4, 0.5) is 11.5 Å². The van der Waals surface area contributed by atoms with Crippen LogP contribution in [0.2, 0.25) is 10.3 Å². The van der Waals surface area contributed by atoms with E-state index in [1.165, 1.54) is 29.6 Å². The van der Waals surface area contributed by atoms with Crippen LogP contribution >= 0.6 is 34.5 Å². The minimum atomic E-state index is 0.274. The van der Waals surface area contributed by atoms with Gasteiger partial charge in [0.2, 0.25) is 0 Å². The maximum absolute atomic E-state index is 6.11. The second kappa shape index (κ2) is 5.61. The summed E-state index contributed by atoms with van der Waals surface area (Å²) in [6, 6.07) is 0. The molecule has 0 spiro atoms. The maximum Gasteiger partial charge on any atom is 0.157 e. The number of hydrogen-bond acceptors (Lipinski definition) is 6. The van der Waals surface area contributed by atoms with Crippen molar-refractivity contribution in [1.82, 2.24) is 19.9 Å². The number of hydrogen-bond donors (Lipinski definition) is 1. The normalized spacial score (nSPS) is 14.1. The highest BCUT2D eigenvalue weighted by Crippen LogP contribution is 2.39. The van der Waals surface area contributed by atoms with Crippen LogP contribution in [0.25, 0.3) is 10.2 Å². The molecule has 3 aromatic rings. The molecule has 112 valence electrons. The van der Waals surface area contributed by atoms with Gasteiger partial charge in [0.15, 0.2) is 10.3 Å². The first-order valence-corrected chi connectivity index (χ1v) is 8.49. The van der Waals surface area contributed by atoms with Gasteiger partial charge in [0.25, 0.3) is 0 Å². The van der Waals surface area contributed by atoms with Crippen LogP contribution < -0.4 is 5.32 Å². The Morgan fingerprint density at radius 1 is 0.955 bits per heavy atom. The first-order chi connectivity index (χ1) is 10.7. The number of rotatable bonds is 2. The van der Waals surface area contributed by atoms with E-state index in [9.17, 15) is 0 Å². The summed E-state index contributed by atoms with van der Waals surface area (Å²) >= 11 is 14.0. The molecule has 3 aromatic heterocycles. The van der Waals surface area contributed by atoms with Crippen molar-refractivity contribution >= 4 is 56.3 Å². The predicted molar refractivity (Wildman–Crippen MR) is 89.4 cm³/mol. The Morgan fingerprint density at radius 3 is 2.50 bits per heavy atom. The van der Waals surface area contributed by atoms with Crippen molar-refractivity contribution in [3.63, 3.8) is 0 Å². The van der Waals surface area contributed by atoms with Gasteiger partial charge in [0, 0.05) is 4.88 Å². The van der Waals surface area contributed by atoms with E-state index in [2.05, 4.69) is 25.3 Å². The van der Waals surface area contributed by atoms with E-state index in [1.807, 2.05) is 0 Å². The Labute approximate surface area is 140 Å². The molecule has 5 nitrogen and oxygen atoms in total. The summed E-state index contributed by atoms with van der Waals surface area (Å²) in [4.78, 5) is 19.1. The molecule has 0 atom stereocenters. The monoisotopic (exact) mass is 351 g/mol. The summed E-state index contributed by atoms with van der Waals surface area (Å²) in [6.45, 7) is 0.